The highest BCUT2D eigenvalue weighted by atomic mass is 16.2. The molecule has 1 saturated heterocycles. The highest BCUT2D eigenvalue weighted by Crippen LogP contribution is 2.28. The van der Waals surface area contributed by atoms with E-state index in [0.29, 0.717) is 11.8 Å². The van der Waals surface area contributed by atoms with Gasteiger partial charge in [0.15, 0.2) is 0 Å². The molecule has 0 aliphatic carbocycles. The summed E-state index contributed by atoms with van der Waals surface area (Å²) in [6.45, 7) is 6.76. The molecule has 1 aliphatic rings. The summed E-state index contributed by atoms with van der Waals surface area (Å²) >= 11 is 0. The number of anilines is 1. The molecule has 1 fully saturated rings. The van der Waals surface area contributed by atoms with E-state index in [-0.39, 0.29) is 6.03 Å². The van der Waals surface area contributed by atoms with E-state index in [9.17, 15) is 4.79 Å². The maximum absolute atomic E-state index is 12.1. The molecule has 4 nitrogen and oxygen atoms in total. The van der Waals surface area contributed by atoms with Crippen LogP contribution in [0.3, 0.4) is 0 Å². The molecule has 0 spiro atoms. The molecule has 2 amide bonds. The van der Waals surface area contributed by atoms with Gasteiger partial charge in [-0.05, 0) is 24.6 Å². The van der Waals surface area contributed by atoms with Gasteiger partial charge < -0.3 is 10.6 Å². The summed E-state index contributed by atoms with van der Waals surface area (Å²) in [5, 5.41) is 6.16. The Bertz CT molecular complexity index is 445. The van der Waals surface area contributed by atoms with Crippen LogP contribution in [0.4, 0.5) is 10.5 Å². The number of para-hydroxylation sites is 1. The number of hydrogen-bond donors (Lipinski definition) is 2. The Hall–Kier alpha value is -1.55. The third kappa shape index (κ3) is 3.07. The molecular weight excluding hydrogens is 238 g/mol. The summed E-state index contributed by atoms with van der Waals surface area (Å²) in [5.74, 6) is 0.858. The van der Waals surface area contributed by atoms with Crippen LogP contribution in [0.5, 0.6) is 0 Å². The largest absolute Gasteiger partial charge is 0.337 e. The Morgan fingerprint density at radius 3 is 2.84 bits per heavy atom. The minimum Gasteiger partial charge on any atom is -0.337 e. The number of urea groups is 1. The lowest BCUT2D eigenvalue weighted by Crippen LogP contribution is -2.53. The second-order valence-electron chi connectivity index (χ2n) is 5.43. The molecule has 0 bridgehead atoms. The van der Waals surface area contributed by atoms with Crippen LogP contribution in [-0.2, 0) is 0 Å². The van der Waals surface area contributed by atoms with E-state index in [2.05, 4.69) is 30.5 Å². The number of benzene rings is 1. The smallest absolute Gasteiger partial charge is 0.321 e. The number of hydrogen-bond acceptors (Lipinski definition) is 2. The molecule has 1 aromatic rings. The van der Waals surface area contributed by atoms with E-state index in [1.165, 1.54) is 5.56 Å². The lowest BCUT2D eigenvalue weighted by Gasteiger charge is -2.34. The summed E-state index contributed by atoms with van der Waals surface area (Å²) in [6, 6.07) is 8.19. The number of rotatable bonds is 4. The summed E-state index contributed by atoms with van der Waals surface area (Å²) in [5.41, 5.74) is 2.26. The van der Waals surface area contributed by atoms with E-state index >= 15 is 0 Å². The fraction of sp³-hybridized carbons (Fsp3) is 0.533. The Kier molecular flexibility index (Phi) is 4.43. The number of carbonyl (C=O) groups is 1. The van der Waals surface area contributed by atoms with Crippen molar-refractivity contribution >= 4 is 11.7 Å². The van der Waals surface area contributed by atoms with Gasteiger partial charge >= 0.3 is 6.03 Å². The van der Waals surface area contributed by atoms with Crippen molar-refractivity contribution in [2.24, 2.45) is 5.92 Å². The van der Waals surface area contributed by atoms with Crippen molar-refractivity contribution in [2.45, 2.75) is 19.8 Å². The lowest BCUT2D eigenvalue weighted by atomic mass is 9.99. The molecule has 19 heavy (non-hydrogen) atoms. The maximum atomic E-state index is 12.1. The Morgan fingerprint density at radius 1 is 1.42 bits per heavy atom. The summed E-state index contributed by atoms with van der Waals surface area (Å²) < 4.78 is 0. The topological polar surface area (TPSA) is 44.4 Å². The average Bonchev–Trinajstić information content (AvgIpc) is 2.41. The van der Waals surface area contributed by atoms with Crippen molar-refractivity contribution in [3.63, 3.8) is 0 Å². The van der Waals surface area contributed by atoms with Crippen molar-refractivity contribution in [1.29, 1.82) is 0 Å². The first-order valence-electron chi connectivity index (χ1n) is 6.92. The lowest BCUT2D eigenvalue weighted by molar-refractivity contribution is 0.236. The Morgan fingerprint density at radius 2 is 2.16 bits per heavy atom. The van der Waals surface area contributed by atoms with Crippen LogP contribution in [0, 0.1) is 5.92 Å². The van der Waals surface area contributed by atoms with Crippen molar-refractivity contribution in [3.05, 3.63) is 29.8 Å². The van der Waals surface area contributed by atoms with Crippen LogP contribution in [-0.4, -0.2) is 32.7 Å². The maximum Gasteiger partial charge on any atom is 0.321 e. The molecule has 2 N–H and O–H groups in total. The second kappa shape index (κ2) is 6.06. The van der Waals surface area contributed by atoms with E-state index in [1.807, 2.05) is 30.1 Å². The molecule has 1 aliphatic heterocycles. The van der Waals surface area contributed by atoms with Gasteiger partial charge in [0.1, 0.15) is 0 Å². The average molecular weight is 261 g/mol. The number of nitrogens with one attached hydrogen (secondary N) is 2. The first-order chi connectivity index (χ1) is 9.13. The molecular formula is C15H23N3O. The van der Waals surface area contributed by atoms with Gasteiger partial charge in [-0.3, -0.25) is 4.90 Å². The third-order valence-electron chi connectivity index (χ3n) is 3.57. The van der Waals surface area contributed by atoms with Crippen molar-refractivity contribution in [3.8, 4) is 0 Å². The number of nitrogens with zero attached hydrogens (tertiary/aromatic N) is 1. The molecule has 2 rings (SSSR count). The fourth-order valence-corrected chi connectivity index (χ4v) is 2.59. The van der Waals surface area contributed by atoms with Gasteiger partial charge in [-0.15, -0.1) is 0 Å². The minimum atomic E-state index is 0.0143. The van der Waals surface area contributed by atoms with Gasteiger partial charge in [-0.25, -0.2) is 4.79 Å². The van der Waals surface area contributed by atoms with Gasteiger partial charge in [-0.1, -0.05) is 32.0 Å². The zero-order chi connectivity index (χ0) is 13.8. The summed E-state index contributed by atoms with van der Waals surface area (Å²) in [6.07, 6.45) is 0. The van der Waals surface area contributed by atoms with Crippen LogP contribution < -0.4 is 15.5 Å². The first kappa shape index (κ1) is 13.9. The van der Waals surface area contributed by atoms with Crippen LogP contribution in [0.2, 0.25) is 0 Å². The summed E-state index contributed by atoms with van der Waals surface area (Å²) in [7, 11) is 1.95. The van der Waals surface area contributed by atoms with Gasteiger partial charge in [0.2, 0.25) is 0 Å². The normalized spacial score (nSPS) is 19.7. The van der Waals surface area contributed by atoms with E-state index in [4.69, 9.17) is 0 Å². The molecule has 0 aromatic heterocycles. The highest BCUT2D eigenvalue weighted by molar-refractivity contribution is 5.93. The van der Waals surface area contributed by atoms with E-state index in [1.54, 1.807) is 0 Å². The quantitative estimate of drug-likeness (QED) is 0.872. The molecule has 1 heterocycles. The molecule has 0 radical (unpaired) electrons. The van der Waals surface area contributed by atoms with Gasteiger partial charge in [-0.2, -0.15) is 0 Å². The van der Waals surface area contributed by atoms with Gasteiger partial charge in [0.05, 0.1) is 0 Å². The summed E-state index contributed by atoms with van der Waals surface area (Å²) in [4.78, 5) is 14.0. The zero-order valence-electron chi connectivity index (χ0n) is 11.9. The zero-order valence-corrected chi connectivity index (χ0v) is 11.9. The second-order valence-corrected chi connectivity index (χ2v) is 5.43. The SMILES string of the molecule is CNCC1CNC(=O)N(c2ccccc2C(C)C)C1. The molecule has 104 valence electrons. The predicted molar refractivity (Wildman–Crippen MR) is 78.7 cm³/mol. The van der Waals surface area contributed by atoms with Gasteiger partial charge in [0.25, 0.3) is 0 Å². The minimum absolute atomic E-state index is 0.0143. The standard InChI is InChI=1S/C15H23N3O/c1-11(2)13-6-4-5-7-14(13)18-10-12(8-16-3)9-17-15(18)19/h4-7,11-12,16H,8-10H2,1-3H3,(H,17,19). The Balaban J connectivity index is 2.26. The van der Waals surface area contributed by atoms with E-state index < -0.39 is 0 Å². The third-order valence-corrected chi connectivity index (χ3v) is 3.57. The monoisotopic (exact) mass is 261 g/mol. The molecule has 1 unspecified atom stereocenters. The van der Waals surface area contributed by atoms with Gasteiger partial charge in [0, 0.05) is 31.2 Å². The van der Waals surface area contributed by atoms with Crippen LogP contribution in [0.1, 0.15) is 25.3 Å². The molecule has 1 aromatic carbocycles. The molecule has 1 atom stereocenters. The fourth-order valence-electron chi connectivity index (χ4n) is 2.59. The molecule has 0 saturated carbocycles. The Labute approximate surface area is 115 Å². The number of carbonyl (C=O) groups excluding carboxylic acids is 1. The van der Waals surface area contributed by atoms with Crippen molar-refractivity contribution in [2.75, 3.05) is 31.6 Å². The van der Waals surface area contributed by atoms with Crippen LogP contribution in [0.25, 0.3) is 0 Å². The van der Waals surface area contributed by atoms with Crippen molar-refractivity contribution in [1.82, 2.24) is 10.6 Å². The first-order valence-corrected chi connectivity index (χ1v) is 6.92. The predicted octanol–water partition coefficient (Wildman–Crippen LogP) is 2.18. The highest BCUT2D eigenvalue weighted by Gasteiger charge is 2.27. The van der Waals surface area contributed by atoms with Crippen LogP contribution >= 0.6 is 0 Å². The van der Waals surface area contributed by atoms with Crippen molar-refractivity contribution < 1.29 is 4.79 Å². The van der Waals surface area contributed by atoms with E-state index in [0.717, 1.165) is 25.3 Å². The molecule has 4 heteroatoms. The number of amides is 2. The van der Waals surface area contributed by atoms with Crippen LogP contribution in [0.15, 0.2) is 24.3 Å².